The topological polar surface area (TPSA) is 57.8 Å². The van der Waals surface area contributed by atoms with Crippen LogP contribution in [0.1, 0.15) is 16.2 Å². The second kappa shape index (κ2) is 5.93. The van der Waals surface area contributed by atoms with Crippen LogP contribution in [0, 0.1) is 11.6 Å². The molecule has 3 rings (SSSR count). The lowest BCUT2D eigenvalue weighted by Crippen LogP contribution is -2.26. The van der Waals surface area contributed by atoms with Crippen LogP contribution >= 0.6 is 0 Å². The number of rotatable bonds is 4. The third kappa shape index (κ3) is 2.95. The minimum Gasteiger partial charge on any atom is -0.351 e. The maximum absolute atomic E-state index is 13.5. The van der Waals surface area contributed by atoms with E-state index in [1.807, 2.05) is 24.3 Å². The second-order valence-corrected chi connectivity index (χ2v) is 4.83. The first-order valence-electron chi connectivity index (χ1n) is 6.80. The van der Waals surface area contributed by atoms with Crippen molar-refractivity contribution < 1.29 is 13.6 Å². The number of amides is 1. The number of H-pyrrole nitrogens is 1. The number of nitrogens with zero attached hydrogens (tertiary/aromatic N) is 1. The molecule has 0 radical (unpaired) electrons. The molecule has 22 heavy (non-hydrogen) atoms. The number of aromatic nitrogens is 2. The fraction of sp³-hybridized carbons (Fsp3) is 0.125. The zero-order chi connectivity index (χ0) is 15.5. The lowest BCUT2D eigenvalue weighted by molar-refractivity contribution is 0.0950. The quantitative estimate of drug-likeness (QED) is 0.778. The molecule has 0 atom stereocenters. The first kappa shape index (κ1) is 14.2. The fourth-order valence-electron chi connectivity index (χ4n) is 2.19. The van der Waals surface area contributed by atoms with E-state index >= 15 is 0 Å². The van der Waals surface area contributed by atoms with Crippen LogP contribution in [0.3, 0.4) is 0 Å². The van der Waals surface area contributed by atoms with Crippen molar-refractivity contribution in [2.75, 3.05) is 6.54 Å². The summed E-state index contributed by atoms with van der Waals surface area (Å²) in [6.07, 6.45) is 0.489. The number of aromatic amines is 1. The van der Waals surface area contributed by atoms with Crippen LogP contribution in [0.2, 0.25) is 0 Å². The van der Waals surface area contributed by atoms with Gasteiger partial charge in [0.05, 0.1) is 16.6 Å². The van der Waals surface area contributed by atoms with E-state index in [1.165, 1.54) is 0 Å². The van der Waals surface area contributed by atoms with Gasteiger partial charge in [-0.25, -0.2) is 13.8 Å². The summed E-state index contributed by atoms with van der Waals surface area (Å²) in [4.78, 5) is 19.4. The molecular formula is C16H13F2N3O. The summed E-state index contributed by atoms with van der Waals surface area (Å²) < 4.78 is 26.3. The molecule has 112 valence electrons. The van der Waals surface area contributed by atoms with E-state index in [-0.39, 0.29) is 5.56 Å². The van der Waals surface area contributed by atoms with E-state index in [0.717, 1.165) is 29.0 Å². The number of carbonyl (C=O) groups is 1. The number of benzene rings is 2. The van der Waals surface area contributed by atoms with E-state index in [9.17, 15) is 13.6 Å². The number of carbonyl (C=O) groups excluding carboxylic acids is 1. The van der Waals surface area contributed by atoms with Gasteiger partial charge in [0, 0.05) is 19.0 Å². The van der Waals surface area contributed by atoms with Gasteiger partial charge in [-0.1, -0.05) is 12.1 Å². The third-order valence-corrected chi connectivity index (χ3v) is 3.26. The molecule has 2 aromatic carbocycles. The molecule has 0 saturated heterocycles. The van der Waals surface area contributed by atoms with E-state index in [2.05, 4.69) is 15.3 Å². The molecule has 0 aliphatic heterocycles. The maximum Gasteiger partial charge on any atom is 0.254 e. The van der Waals surface area contributed by atoms with Crippen LogP contribution in [0.25, 0.3) is 11.0 Å². The molecule has 0 unspecified atom stereocenters. The molecule has 4 nitrogen and oxygen atoms in total. The maximum atomic E-state index is 13.5. The van der Waals surface area contributed by atoms with Gasteiger partial charge < -0.3 is 10.3 Å². The summed E-state index contributed by atoms with van der Waals surface area (Å²) >= 11 is 0. The lowest BCUT2D eigenvalue weighted by Gasteiger charge is -2.05. The SMILES string of the molecule is O=C(NCCc1nc2ccccc2[nH]1)c1ccc(F)cc1F. The summed E-state index contributed by atoms with van der Waals surface area (Å²) in [6, 6.07) is 10.5. The van der Waals surface area contributed by atoms with Crippen LogP contribution in [0.5, 0.6) is 0 Å². The van der Waals surface area contributed by atoms with Gasteiger partial charge in [-0.05, 0) is 24.3 Å². The number of nitrogens with one attached hydrogen (secondary N) is 2. The van der Waals surface area contributed by atoms with Crippen molar-refractivity contribution in [1.29, 1.82) is 0 Å². The van der Waals surface area contributed by atoms with Gasteiger partial charge in [0.25, 0.3) is 5.91 Å². The summed E-state index contributed by atoms with van der Waals surface area (Å²) in [5.74, 6) is -1.42. The number of para-hydroxylation sites is 2. The van der Waals surface area contributed by atoms with Crippen molar-refractivity contribution in [3.05, 3.63) is 65.5 Å². The van der Waals surface area contributed by atoms with Gasteiger partial charge in [0.1, 0.15) is 17.5 Å². The summed E-state index contributed by atoms with van der Waals surface area (Å²) in [7, 11) is 0. The molecule has 3 aromatic rings. The molecule has 1 aromatic heterocycles. The van der Waals surface area contributed by atoms with Gasteiger partial charge >= 0.3 is 0 Å². The van der Waals surface area contributed by atoms with Crippen LogP contribution in [-0.2, 0) is 6.42 Å². The van der Waals surface area contributed by atoms with E-state index in [0.29, 0.717) is 19.0 Å². The molecule has 0 aliphatic carbocycles. The van der Waals surface area contributed by atoms with Gasteiger partial charge in [0.15, 0.2) is 0 Å². The highest BCUT2D eigenvalue weighted by Gasteiger charge is 2.12. The molecular weight excluding hydrogens is 288 g/mol. The van der Waals surface area contributed by atoms with Gasteiger partial charge in [-0.3, -0.25) is 4.79 Å². The van der Waals surface area contributed by atoms with Crippen molar-refractivity contribution in [2.45, 2.75) is 6.42 Å². The number of fused-ring (bicyclic) bond motifs is 1. The molecule has 0 spiro atoms. The Hall–Kier alpha value is -2.76. The minimum atomic E-state index is -0.874. The Kier molecular flexibility index (Phi) is 3.82. The zero-order valence-electron chi connectivity index (χ0n) is 11.6. The van der Waals surface area contributed by atoms with Gasteiger partial charge in [0.2, 0.25) is 0 Å². The molecule has 2 N–H and O–H groups in total. The Bertz CT molecular complexity index is 796. The zero-order valence-corrected chi connectivity index (χ0v) is 11.6. The summed E-state index contributed by atoms with van der Waals surface area (Å²) in [5, 5.41) is 2.59. The predicted octanol–water partition coefficient (Wildman–Crippen LogP) is 2.81. The molecule has 6 heteroatoms. The summed E-state index contributed by atoms with van der Waals surface area (Å²) in [6.45, 7) is 0.301. The molecule has 0 aliphatic rings. The van der Waals surface area contributed by atoms with Crippen molar-refractivity contribution in [1.82, 2.24) is 15.3 Å². The molecule has 0 fully saturated rings. The summed E-state index contributed by atoms with van der Waals surface area (Å²) in [5.41, 5.74) is 1.60. The number of hydrogen-bond donors (Lipinski definition) is 2. The average molecular weight is 301 g/mol. The minimum absolute atomic E-state index is 0.175. The molecule has 1 heterocycles. The van der Waals surface area contributed by atoms with Gasteiger partial charge in [-0.2, -0.15) is 0 Å². The first-order valence-corrected chi connectivity index (χ1v) is 6.80. The van der Waals surface area contributed by atoms with Crippen LogP contribution in [-0.4, -0.2) is 22.4 Å². The molecule has 0 saturated carbocycles. The van der Waals surface area contributed by atoms with Crippen molar-refractivity contribution >= 4 is 16.9 Å². The highest BCUT2D eigenvalue weighted by Crippen LogP contribution is 2.11. The Morgan fingerprint density at radius 3 is 2.77 bits per heavy atom. The molecule has 0 bridgehead atoms. The smallest absolute Gasteiger partial charge is 0.254 e. The van der Waals surface area contributed by atoms with E-state index < -0.39 is 17.5 Å². The highest BCUT2D eigenvalue weighted by atomic mass is 19.1. The normalized spacial score (nSPS) is 10.8. The Morgan fingerprint density at radius 1 is 1.18 bits per heavy atom. The van der Waals surface area contributed by atoms with Crippen molar-refractivity contribution in [2.24, 2.45) is 0 Å². The number of halogens is 2. The largest absolute Gasteiger partial charge is 0.351 e. The van der Waals surface area contributed by atoms with Crippen molar-refractivity contribution in [3.63, 3.8) is 0 Å². The van der Waals surface area contributed by atoms with Crippen LogP contribution in [0.15, 0.2) is 42.5 Å². The Labute approximate surface area is 125 Å². The van der Waals surface area contributed by atoms with Gasteiger partial charge in [-0.15, -0.1) is 0 Å². The van der Waals surface area contributed by atoms with E-state index in [4.69, 9.17) is 0 Å². The highest BCUT2D eigenvalue weighted by molar-refractivity contribution is 5.94. The predicted molar refractivity (Wildman–Crippen MR) is 78.5 cm³/mol. The Balaban J connectivity index is 1.61. The average Bonchev–Trinajstić information content (AvgIpc) is 2.89. The first-order chi connectivity index (χ1) is 10.6. The Morgan fingerprint density at radius 2 is 2.00 bits per heavy atom. The fourth-order valence-corrected chi connectivity index (χ4v) is 2.19. The van der Waals surface area contributed by atoms with Crippen molar-refractivity contribution in [3.8, 4) is 0 Å². The monoisotopic (exact) mass is 301 g/mol. The standard InChI is InChI=1S/C16H13F2N3O/c17-10-5-6-11(12(18)9-10)16(22)19-8-7-15-20-13-3-1-2-4-14(13)21-15/h1-6,9H,7-8H2,(H,19,22)(H,20,21). The lowest BCUT2D eigenvalue weighted by atomic mass is 10.2. The van der Waals surface area contributed by atoms with Crippen LogP contribution in [0.4, 0.5) is 8.78 Å². The van der Waals surface area contributed by atoms with E-state index in [1.54, 1.807) is 0 Å². The second-order valence-electron chi connectivity index (χ2n) is 4.83. The number of hydrogen-bond acceptors (Lipinski definition) is 2. The molecule has 1 amide bonds. The number of imidazole rings is 1. The van der Waals surface area contributed by atoms with Crippen LogP contribution < -0.4 is 5.32 Å². The third-order valence-electron chi connectivity index (χ3n) is 3.26.